The van der Waals surface area contributed by atoms with Crippen LogP contribution in [0.3, 0.4) is 0 Å². The molecule has 2 heterocycles. The van der Waals surface area contributed by atoms with Crippen LogP contribution in [0.2, 0.25) is 0 Å². The first-order valence-corrected chi connectivity index (χ1v) is 8.86. The number of carbonyl (C=O) groups excluding carboxylic acids is 1. The molecule has 1 aromatic heterocycles. The van der Waals surface area contributed by atoms with E-state index in [1.807, 2.05) is 0 Å². The van der Waals surface area contributed by atoms with Crippen molar-refractivity contribution in [3.05, 3.63) is 47.9 Å². The van der Waals surface area contributed by atoms with E-state index >= 15 is 0 Å². The number of nitrogens with one attached hydrogen (secondary N) is 1. The SMILES string of the molecule is COc1cc(F)cc(-c2ccc(C(=O)NCCC3CCCCO3)cn2)c1. The third-order valence-corrected chi connectivity index (χ3v) is 4.45. The van der Waals surface area contributed by atoms with Gasteiger partial charge in [-0.3, -0.25) is 9.78 Å². The van der Waals surface area contributed by atoms with E-state index in [9.17, 15) is 9.18 Å². The van der Waals surface area contributed by atoms with Crippen molar-refractivity contribution in [1.29, 1.82) is 0 Å². The molecule has 0 aliphatic carbocycles. The topological polar surface area (TPSA) is 60.5 Å². The van der Waals surface area contributed by atoms with Gasteiger partial charge in [-0.25, -0.2) is 4.39 Å². The van der Waals surface area contributed by atoms with Crippen molar-refractivity contribution in [3.63, 3.8) is 0 Å². The van der Waals surface area contributed by atoms with Crippen LogP contribution in [0.1, 0.15) is 36.0 Å². The van der Waals surface area contributed by atoms with E-state index in [-0.39, 0.29) is 12.0 Å². The van der Waals surface area contributed by atoms with E-state index in [0.717, 1.165) is 25.9 Å². The number of nitrogens with zero attached hydrogens (tertiary/aromatic N) is 1. The normalized spacial score (nSPS) is 16.9. The predicted molar refractivity (Wildman–Crippen MR) is 96.7 cm³/mol. The summed E-state index contributed by atoms with van der Waals surface area (Å²) in [6, 6.07) is 7.78. The second kappa shape index (κ2) is 8.76. The van der Waals surface area contributed by atoms with Gasteiger partial charge in [-0.1, -0.05) is 0 Å². The summed E-state index contributed by atoms with van der Waals surface area (Å²) < 4.78 is 24.3. The Morgan fingerprint density at radius 2 is 2.23 bits per heavy atom. The summed E-state index contributed by atoms with van der Waals surface area (Å²) in [7, 11) is 1.48. The van der Waals surface area contributed by atoms with Crippen molar-refractivity contribution in [2.45, 2.75) is 31.8 Å². The minimum atomic E-state index is -0.395. The Hall–Kier alpha value is -2.47. The van der Waals surface area contributed by atoms with Gasteiger partial charge in [0.1, 0.15) is 11.6 Å². The molecule has 1 aromatic carbocycles. The number of carbonyl (C=O) groups is 1. The Bertz CT molecular complexity index is 743. The molecule has 1 aliphatic heterocycles. The first-order chi connectivity index (χ1) is 12.7. The van der Waals surface area contributed by atoms with Crippen LogP contribution in [-0.2, 0) is 4.74 Å². The van der Waals surface area contributed by atoms with Gasteiger partial charge in [-0.2, -0.15) is 0 Å². The predicted octanol–water partition coefficient (Wildman–Crippen LogP) is 3.59. The summed E-state index contributed by atoms with van der Waals surface area (Å²) in [5.41, 5.74) is 1.65. The molecule has 1 aliphatic rings. The van der Waals surface area contributed by atoms with Crippen LogP contribution in [0.15, 0.2) is 36.5 Å². The van der Waals surface area contributed by atoms with Crippen molar-refractivity contribution in [3.8, 4) is 17.0 Å². The molecule has 0 spiro atoms. The molecule has 138 valence electrons. The lowest BCUT2D eigenvalue weighted by Crippen LogP contribution is -2.29. The minimum absolute atomic E-state index is 0.170. The molecule has 26 heavy (non-hydrogen) atoms. The monoisotopic (exact) mass is 358 g/mol. The number of amides is 1. The highest BCUT2D eigenvalue weighted by Crippen LogP contribution is 2.24. The van der Waals surface area contributed by atoms with E-state index in [4.69, 9.17) is 9.47 Å². The summed E-state index contributed by atoms with van der Waals surface area (Å²) in [5, 5.41) is 2.89. The molecule has 0 saturated carbocycles. The maximum absolute atomic E-state index is 13.6. The number of hydrogen-bond acceptors (Lipinski definition) is 4. The number of halogens is 1. The van der Waals surface area contributed by atoms with E-state index in [1.165, 1.54) is 31.9 Å². The molecular weight excluding hydrogens is 335 g/mol. The largest absolute Gasteiger partial charge is 0.497 e. The number of methoxy groups -OCH3 is 1. The molecule has 0 bridgehead atoms. The number of aromatic nitrogens is 1. The third kappa shape index (κ3) is 4.79. The highest BCUT2D eigenvalue weighted by Gasteiger charge is 2.14. The zero-order valence-corrected chi connectivity index (χ0v) is 14.8. The lowest BCUT2D eigenvalue weighted by molar-refractivity contribution is 0.0117. The molecule has 1 amide bonds. The molecule has 6 heteroatoms. The lowest BCUT2D eigenvalue weighted by Gasteiger charge is -2.22. The van der Waals surface area contributed by atoms with E-state index < -0.39 is 5.82 Å². The summed E-state index contributed by atoms with van der Waals surface area (Å²) in [5.74, 6) is -0.141. The first-order valence-electron chi connectivity index (χ1n) is 8.86. The molecule has 1 atom stereocenters. The highest BCUT2D eigenvalue weighted by atomic mass is 19.1. The molecule has 1 N–H and O–H groups in total. The quantitative estimate of drug-likeness (QED) is 0.857. The number of rotatable bonds is 6. The molecule has 1 fully saturated rings. The van der Waals surface area contributed by atoms with Crippen molar-refractivity contribution in [1.82, 2.24) is 10.3 Å². The zero-order chi connectivity index (χ0) is 18.4. The summed E-state index contributed by atoms with van der Waals surface area (Å²) in [4.78, 5) is 16.5. The summed E-state index contributed by atoms with van der Waals surface area (Å²) in [6.45, 7) is 1.39. The fourth-order valence-electron chi connectivity index (χ4n) is 3.01. The minimum Gasteiger partial charge on any atom is -0.497 e. The van der Waals surface area contributed by atoms with Gasteiger partial charge in [0.25, 0.3) is 5.91 Å². The average molecular weight is 358 g/mol. The second-order valence-corrected chi connectivity index (χ2v) is 6.35. The maximum Gasteiger partial charge on any atom is 0.252 e. The van der Waals surface area contributed by atoms with Gasteiger partial charge in [0.2, 0.25) is 0 Å². The van der Waals surface area contributed by atoms with Crippen LogP contribution < -0.4 is 10.1 Å². The highest BCUT2D eigenvalue weighted by molar-refractivity contribution is 5.94. The molecule has 5 nitrogen and oxygen atoms in total. The fraction of sp³-hybridized carbons (Fsp3) is 0.400. The first kappa shape index (κ1) is 18.3. The Morgan fingerprint density at radius 3 is 2.92 bits per heavy atom. The fourth-order valence-corrected chi connectivity index (χ4v) is 3.01. The number of benzene rings is 1. The van der Waals surface area contributed by atoms with Crippen molar-refractivity contribution >= 4 is 5.91 Å². The molecule has 0 radical (unpaired) electrons. The van der Waals surface area contributed by atoms with E-state index in [2.05, 4.69) is 10.3 Å². The average Bonchev–Trinajstić information content (AvgIpc) is 2.68. The second-order valence-electron chi connectivity index (χ2n) is 6.35. The van der Waals surface area contributed by atoms with Gasteiger partial charge in [0.15, 0.2) is 0 Å². The Morgan fingerprint density at radius 1 is 1.35 bits per heavy atom. The van der Waals surface area contributed by atoms with Crippen LogP contribution in [0.25, 0.3) is 11.3 Å². The van der Waals surface area contributed by atoms with Crippen LogP contribution in [0.5, 0.6) is 5.75 Å². The Labute approximate surface area is 152 Å². The van der Waals surface area contributed by atoms with Gasteiger partial charge < -0.3 is 14.8 Å². The number of hydrogen-bond donors (Lipinski definition) is 1. The van der Waals surface area contributed by atoms with Crippen LogP contribution in [-0.4, -0.2) is 37.3 Å². The molecule has 3 rings (SSSR count). The standard InChI is InChI=1S/C20H23FN2O3/c1-25-18-11-15(10-16(21)12-18)19-6-5-14(13-23-19)20(24)22-8-7-17-4-2-3-9-26-17/h5-6,10-13,17H,2-4,7-9H2,1H3,(H,22,24). The Balaban J connectivity index is 1.58. The maximum atomic E-state index is 13.6. The van der Waals surface area contributed by atoms with Crippen LogP contribution in [0, 0.1) is 5.82 Å². The number of pyridine rings is 1. The molecular formula is C20H23FN2O3. The molecule has 1 unspecified atom stereocenters. The van der Waals surface area contributed by atoms with E-state index in [0.29, 0.717) is 29.1 Å². The van der Waals surface area contributed by atoms with Gasteiger partial charge >= 0.3 is 0 Å². The summed E-state index contributed by atoms with van der Waals surface area (Å²) >= 11 is 0. The van der Waals surface area contributed by atoms with Gasteiger partial charge in [0.05, 0.1) is 24.5 Å². The smallest absolute Gasteiger partial charge is 0.252 e. The molecule has 1 saturated heterocycles. The lowest BCUT2D eigenvalue weighted by atomic mass is 10.1. The van der Waals surface area contributed by atoms with E-state index in [1.54, 1.807) is 18.2 Å². The van der Waals surface area contributed by atoms with Crippen molar-refractivity contribution < 1.29 is 18.7 Å². The van der Waals surface area contributed by atoms with Crippen LogP contribution >= 0.6 is 0 Å². The van der Waals surface area contributed by atoms with Crippen LogP contribution in [0.4, 0.5) is 4.39 Å². The zero-order valence-electron chi connectivity index (χ0n) is 14.8. The Kier molecular flexibility index (Phi) is 6.17. The van der Waals surface area contributed by atoms with Gasteiger partial charge in [-0.15, -0.1) is 0 Å². The van der Waals surface area contributed by atoms with Gasteiger partial charge in [0, 0.05) is 31.0 Å². The summed E-state index contributed by atoms with van der Waals surface area (Å²) in [6.07, 6.45) is 5.93. The van der Waals surface area contributed by atoms with Crippen molar-refractivity contribution in [2.75, 3.05) is 20.3 Å². The van der Waals surface area contributed by atoms with Gasteiger partial charge in [-0.05, 0) is 49.9 Å². The number of ether oxygens (including phenoxy) is 2. The molecule has 2 aromatic rings. The van der Waals surface area contributed by atoms with Crippen molar-refractivity contribution in [2.24, 2.45) is 0 Å². The third-order valence-electron chi connectivity index (χ3n) is 4.45.